The average Bonchev–Trinajstić information content (AvgIpc) is 3.27. The number of hydrogen-bond donors (Lipinski definition) is 4. The first-order valence-corrected chi connectivity index (χ1v) is 11.0. The Morgan fingerprint density at radius 2 is 1.97 bits per heavy atom. The maximum absolute atomic E-state index is 12.7. The van der Waals surface area contributed by atoms with E-state index in [0.717, 1.165) is 22.2 Å². The summed E-state index contributed by atoms with van der Waals surface area (Å²) in [4.78, 5) is 23.7. The second kappa shape index (κ2) is 10.6. The molecule has 0 aliphatic heterocycles. The van der Waals surface area contributed by atoms with Crippen molar-refractivity contribution < 1.29 is 9.13 Å². The molecule has 2 heterocycles. The molecule has 0 aliphatic carbocycles. The predicted octanol–water partition coefficient (Wildman–Crippen LogP) is 2.75. The van der Waals surface area contributed by atoms with Crippen molar-refractivity contribution in [3.8, 4) is 11.7 Å². The number of benzene rings is 2. The van der Waals surface area contributed by atoms with Crippen LogP contribution in [0, 0.1) is 5.41 Å². The van der Waals surface area contributed by atoms with Gasteiger partial charge in [-0.2, -0.15) is 0 Å². The summed E-state index contributed by atoms with van der Waals surface area (Å²) in [5.74, 6) is 0.940. The van der Waals surface area contributed by atoms with E-state index in [9.17, 15) is 9.18 Å². The Morgan fingerprint density at radius 3 is 2.63 bits per heavy atom. The van der Waals surface area contributed by atoms with Crippen molar-refractivity contribution in [2.24, 2.45) is 5.73 Å². The maximum atomic E-state index is 12.7. The maximum Gasteiger partial charge on any atom is 0.350 e. The van der Waals surface area contributed by atoms with Crippen molar-refractivity contribution in [3.63, 3.8) is 0 Å². The van der Waals surface area contributed by atoms with Crippen molar-refractivity contribution in [2.75, 3.05) is 18.6 Å². The summed E-state index contributed by atoms with van der Waals surface area (Å²) in [6.45, 7) is 1.34. The fourth-order valence-electron chi connectivity index (χ4n) is 3.53. The van der Waals surface area contributed by atoms with Gasteiger partial charge in [0.1, 0.15) is 30.9 Å². The van der Waals surface area contributed by atoms with Crippen molar-refractivity contribution in [1.29, 1.82) is 5.41 Å². The van der Waals surface area contributed by atoms with Crippen LogP contribution in [0.4, 0.5) is 10.1 Å². The number of halogens is 1. The second-order valence-electron chi connectivity index (χ2n) is 7.65. The number of anilines is 1. The van der Waals surface area contributed by atoms with Crippen LogP contribution >= 0.6 is 0 Å². The zero-order valence-electron chi connectivity index (χ0n) is 19.0. The third kappa shape index (κ3) is 5.52. The van der Waals surface area contributed by atoms with E-state index in [1.165, 1.54) is 12.4 Å². The van der Waals surface area contributed by atoms with Crippen LogP contribution in [-0.2, 0) is 6.42 Å². The number of nitrogen functional groups attached to an aromatic ring is 1. The summed E-state index contributed by atoms with van der Waals surface area (Å²) in [5.41, 5.74) is 8.09. The molecule has 35 heavy (non-hydrogen) atoms. The van der Waals surface area contributed by atoms with Crippen LogP contribution in [0.1, 0.15) is 35.5 Å². The van der Waals surface area contributed by atoms with Gasteiger partial charge >= 0.3 is 5.69 Å². The van der Waals surface area contributed by atoms with Gasteiger partial charge in [0.25, 0.3) is 5.95 Å². The largest absolute Gasteiger partial charge is 0.491 e. The lowest BCUT2D eigenvalue weighted by atomic mass is 10.0. The number of hydrogen-bond acceptors (Lipinski definition) is 7. The van der Waals surface area contributed by atoms with Gasteiger partial charge in [-0.05, 0) is 60.0 Å². The first kappa shape index (κ1) is 23.6. The molecule has 0 radical (unpaired) electrons. The number of nitrogens with one attached hydrogen (secondary N) is 3. The third-order valence-electron chi connectivity index (χ3n) is 5.23. The molecule has 0 aliphatic rings. The van der Waals surface area contributed by atoms with Crippen LogP contribution < -0.4 is 21.5 Å². The highest BCUT2D eigenvalue weighted by Gasteiger charge is 2.22. The van der Waals surface area contributed by atoms with Gasteiger partial charge in [0.05, 0.1) is 0 Å². The number of nitrogens with two attached hydrogens (primary N) is 1. The Morgan fingerprint density at radius 1 is 1.23 bits per heavy atom. The lowest BCUT2D eigenvalue weighted by molar-refractivity contribution is 0.273. The summed E-state index contributed by atoms with van der Waals surface area (Å²) in [7, 11) is 0. The fraction of sp³-hybridized carbons (Fsp3) is 0.208. The molecule has 4 rings (SSSR count). The Labute approximate surface area is 200 Å². The minimum absolute atomic E-state index is 0.0377. The first-order valence-electron chi connectivity index (χ1n) is 11.0. The molecule has 11 heteroatoms. The highest BCUT2D eigenvalue weighted by atomic mass is 19.1. The number of H-pyrrole nitrogens is 1. The van der Waals surface area contributed by atoms with Gasteiger partial charge in [0.15, 0.2) is 5.82 Å². The molecular formula is C24H25FN8O2. The SMILES string of the molecule is CCc1cc(OCCF)cc(C(Nc2ccc(C(=N)N)cc2)c2nn(-c3ncccn3)c(=O)[nH]2)c1. The first-order chi connectivity index (χ1) is 17.0. The average molecular weight is 477 g/mol. The molecule has 5 N–H and O–H groups in total. The van der Waals surface area contributed by atoms with Crippen molar-refractivity contribution >= 4 is 11.5 Å². The van der Waals surface area contributed by atoms with Crippen LogP contribution in [0.3, 0.4) is 0 Å². The van der Waals surface area contributed by atoms with Gasteiger partial charge < -0.3 is 15.8 Å². The molecule has 1 unspecified atom stereocenters. The van der Waals surface area contributed by atoms with E-state index in [2.05, 4.69) is 25.4 Å². The Kier molecular flexibility index (Phi) is 7.15. The molecule has 0 spiro atoms. The van der Waals surface area contributed by atoms with Gasteiger partial charge in [-0.25, -0.2) is 19.2 Å². The summed E-state index contributed by atoms with van der Waals surface area (Å²) in [5, 5.41) is 15.4. The summed E-state index contributed by atoms with van der Waals surface area (Å²) >= 11 is 0. The second-order valence-corrected chi connectivity index (χ2v) is 7.65. The smallest absolute Gasteiger partial charge is 0.350 e. The number of alkyl halides is 1. The number of amidine groups is 1. The molecule has 0 amide bonds. The molecular weight excluding hydrogens is 451 g/mol. The number of aromatic nitrogens is 5. The van der Waals surface area contributed by atoms with E-state index >= 15 is 0 Å². The molecule has 2 aromatic carbocycles. The topological polar surface area (TPSA) is 148 Å². The van der Waals surface area contributed by atoms with E-state index in [-0.39, 0.29) is 18.4 Å². The predicted molar refractivity (Wildman–Crippen MR) is 130 cm³/mol. The monoisotopic (exact) mass is 476 g/mol. The van der Waals surface area contributed by atoms with Gasteiger partial charge in [0, 0.05) is 23.6 Å². The van der Waals surface area contributed by atoms with E-state index in [1.807, 2.05) is 19.1 Å². The van der Waals surface area contributed by atoms with Gasteiger partial charge in [-0.1, -0.05) is 13.0 Å². The van der Waals surface area contributed by atoms with Crippen LogP contribution in [0.2, 0.25) is 0 Å². The normalized spacial score (nSPS) is 11.7. The molecule has 0 saturated carbocycles. The van der Waals surface area contributed by atoms with E-state index < -0.39 is 18.4 Å². The van der Waals surface area contributed by atoms with Crippen molar-refractivity contribution in [2.45, 2.75) is 19.4 Å². The third-order valence-corrected chi connectivity index (χ3v) is 5.23. The van der Waals surface area contributed by atoms with Gasteiger partial charge in [-0.15, -0.1) is 9.78 Å². The number of aromatic amines is 1. The Hall–Kier alpha value is -4.54. The molecule has 10 nitrogen and oxygen atoms in total. The summed E-state index contributed by atoms with van der Waals surface area (Å²) in [6, 6.07) is 13.7. The molecule has 1 atom stereocenters. The van der Waals surface area contributed by atoms with Crippen LogP contribution in [-0.4, -0.2) is 43.8 Å². The fourth-order valence-corrected chi connectivity index (χ4v) is 3.53. The molecule has 0 bridgehead atoms. The zero-order chi connectivity index (χ0) is 24.8. The van der Waals surface area contributed by atoms with Crippen LogP contribution in [0.15, 0.2) is 65.7 Å². The number of ether oxygens (including phenoxy) is 1. The molecule has 0 fully saturated rings. The Bertz CT molecular complexity index is 1350. The van der Waals surface area contributed by atoms with Gasteiger partial charge in [0.2, 0.25) is 0 Å². The number of nitrogens with zero attached hydrogens (tertiary/aromatic N) is 4. The van der Waals surface area contributed by atoms with Crippen molar-refractivity contribution in [3.05, 3.63) is 93.9 Å². The minimum Gasteiger partial charge on any atom is -0.491 e. The minimum atomic E-state index is -0.606. The summed E-state index contributed by atoms with van der Waals surface area (Å²) in [6.07, 6.45) is 3.77. The van der Waals surface area contributed by atoms with E-state index in [4.69, 9.17) is 15.9 Å². The van der Waals surface area contributed by atoms with Crippen LogP contribution in [0.25, 0.3) is 5.95 Å². The van der Waals surface area contributed by atoms with E-state index in [1.54, 1.807) is 36.4 Å². The number of aryl methyl sites for hydroxylation is 1. The standard InChI is InChI=1S/C24H25FN8O2/c1-2-15-12-17(14-19(13-15)35-11-8-25)20(30-18-6-4-16(5-7-18)21(26)27)22-31-24(34)33(32-22)23-28-9-3-10-29-23/h3-7,9-10,12-14,20,30H,2,8,11H2,1H3,(H3,26,27)(H,31,32,34). The highest BCUT2D eigenvalue weighted by Crippen LogP contribution is 2.29. The number of rotatable bonds is 10. The molecule has 0 saturated heterocycles. The van der Waals surface area contributed by atoms with Crippen LogP contribution in [0.5, 0.6) is 5.75 Å². The van der Waals surface area contributed by atoms with Crippen molar-refractivity contribution in [1.82, 2.24) is 24.7 Å². The highest BCUT2D eigenvalue weighted by molar-refractivity contribution is 5.95. The molecule has 2 aromatic heterocycles. The van der Waals surface area contributed by atoms with Gasteiger partial charge in [-0.3, -0.25) is 10.4 Å². The summed E-state index contributed by atoms with van der Waals surface area (Å²) < 4.78 is 19.4. The zero-order valence-corrected chi connectivity index (χ0v) is 19.0. The van der Waals surface area contributed by atoms with E-state index in [0.29, 0.717) is 22.8 Å². The molecule has 4 aromatic rings. The lowest BCUT2D eigenvalue weighted by Crippen LogP contribution is -2.18. The Balaban J connectivity index is 1.79. The quantitative estimate of drug-likeness (QED) is 0.203. The lowest BCUT2D eigenvalue weighted by Gasteiger charge is -2.20. The molecule has 180 valence electrons.